The van der Waals surface area contributed by atoms with Crippen LogP contribution in [-0.2, 0) is 4.74 Å². The Kier molecular flexibility index (Phi) is 4.64. The molecule has 1 aliphatic heterocycles. The summed E-state index contributed by atoms with van der Waals surface area (Å²) in [5.74, 6) is 1.66. The monoisotopic (exact) mass is 350 g/mol. The molecule has 1 aliphatic rings. The molecule has 0 radical (unpaired) electrons. The minimum absolute atomic E-state index is 0.655. The molecule has 0 amide bonds. The van der Waals surface area contributed by atoms with Crippen molar-refractivity contribution in [3.8, 4) is 11.1 Å². The van der Waals surface area contributed by atoms with E-state index in [1.807, 2.05) is 17.6 Å². The van der Waals surface area contributed by atoms with Crippen molar-refractivity contribution in [3.63, 3.8) is 0 Å². The Balaban J connectivity index is 1.67. The van der Waals surface area contributed by atoms with Crippen LogP contribution in [0.3, 0.4) is 0 Å². The van der Waals surface area contributed by atoms with E-state index >= 15 is 0 Å². The van der Waals surface area contributed by atoms with Crippen molar-refractivity contribution in [2.45, 2.75) is 33.6 Å². The van der Waals surface area contributed by atoms with E-state index in [1.165, 1.54) is 11.1 Å². The SMILES string of the molecule is Cc1cc(NCC2CCOCC2)n2ncc(-c3ccc(C)c(C)c3)c2n1. The van der Waals surface area contributed by atoms with Gasteiger partial charge in [-0.25, -0.2) is 4.98 Å². The van der Waals surface area contributed by atoms with Gasteiger partial charge in [-0.05, 0) is 56.2 Å². The molecule has 1 saturated heterocycles. The first kappa shape index (κ1) is 17.0. The van der Waals surface area contributed by atoms with E-state index in [9.17, 15) is 0 Å². The van der Waals surface area contributed by atoms with Gasteiger partial charge in [0.2, 0.25) is 0 Å². The summed E-state index contributed by atoms with van der Waals surface area (Å²) < 4.78 is 7.38. The zero-order valence-corrected chi connectivity index (χ0v) is 15.7. The Morgan fingerprint density at radius 2 is 1.92 bits per heavy atom. The summed E-state index contributed by atoms with van der Waals surface area (Å²) in [6, 6.07) is 8.60. The van der Waals surface area contributed by atoms with Crippen LogP contribution in [0.2, 0.25) is 0 Å². The molecular weight excluding hydrogens is 324 g/mol. The number of hydrogen-bond acceptors (Lipinski definition) is 4. The zero-order valence-electron chi connectivity index (χ0n) is 15.7. The van der Waals surface area contributed by atoms with Crippen LogP contribution in [0.15, 0.2) is 30.5 Å². The predicted octanol–water partition coefficient (Wildman–Crippen LogP) is 4.16. The van der Waals surface area contributed by atoms with E-state index in [4.69, 9.17) is 9.72 Å². The minimum Gasteiger partial charge on any atom is -0.381 e. The second kappa shape index (κ2) is 7.08. The number of fused-ring (bicyclic) bond motifs is 1. The third-order valence-corrected chi connectivity index (χ3v) is 5.33. The average molecular weight is 350 g/mol. The highest BCUT2D eigenvalue weighted by Gasteiger charge is 2.16. The summed E-state index contributed by atoms with van der Waals surface area (Å²) in [7, 11) is 0. The van der Waals surface area contributed by atoms with Gasteiger partial charge < -0.3 is 10.1 Å². The lowest BCUT2D eigenvalue weighted by atomic mass is 10.0. The number of rotatable bonds is 4. The van der Waals surface area contributed by atoms with Crippen molar-refractivity contribution in [1.29, 1.82) is 0 Å². The lowest BCUT2D eigenvalue weighted by Gasteiger charge is -2.22. The van der Waals surface area contributed by atoms with Gasteiger partial charge in [0.1, 0.15) is 5.82 Å². The van der Waals surface area contributed by atoms with Gasteiger partial charge in [-0.15, -0.1) is 0 Å². The van der Waals surface area contributed by atoms with Crippen molar-refractivity contribution in [2.75, 3.05) is 25.1 Å². The molecule has 3 aromatic rings. The summed E-state index contributed by atoms with van der Waals surface area (Å²) in [6.45, 7) is 9.00. The molecule has 1 aromatic carbocycles. The molecule has 1 N–H and O–H groups in total. The lowest BCUT2D eigenvalue weighted by molar-refractivity contribution is 0.0699. The van der Waals surface area contributed by atoms with Crippen molar-refractivity contribution < 1.29 is 4.74 Å². The van der Waals surface area contributed by atoms with E-state index < -0.39 is 0 Å². The van der Waals surface area contributed by atoms with Crippen LogP contribution in [0.5, 0.6) is 0 Å². The van der Waals surface area contributed by atoms with E-state index in [0.29, 0.717) is 5.92 Å². The highest BCUT2D eigenvalue weighted by molar-refractivity contribution is 5.78. The van der Waals surface area contributed by atoms with Gasteiger partial charge in [-0.1, -0.05) is 18.2 Å². The van der Waals surface area contributed by atoms with Crippen LogP contribution in [0.4, 0.5) is 5.82 Å². The molecule has 2 aromatic heterocycles. The first-order valence-corrected chi connectivity index (χ1v) is 9.36. The molecule has 4 rings (SSSR count). The second-order valence-electron chi connectivity index (χ2n) is 7.31. The smallest absolute Gasteiger partial charge is 0.165 e. The topological polar surface area (TPSA) is 51.5 Å². The molecule has 3 heterocycles. The van der Waals surface area contributed by atoms with E-state index in [-0.39, 0.29) is 0 Å². The van der Waals surface area contributed by atoms with Crippen LogP contribution in [0, 0.1) is 26.7 Å². The van der Waals surface area contributed by atoms with Crippen molar-refractivity contribution in [3.05, 3.63) is 47.3 Å². The molecule has 0 aliphatic carbocycles. The Morgan fingerprint density at radius 1 is 1.12 bits per heavy atom. The van der Waals surface area contributed by atoms with Gasteiger partial charge in [0.05, 0.1) is 6.20 Å². The van der Waals surface area contributed by atoms with Gasteiger partial charge in [0, 0.05) is 37.1 Å². The Hall–Kier alpha value is -2.40. The fourth-order valence-electron chi connectivity index (χ4n) is 3.52. The van der Waals surface area contributed by atoms with Crippen molar-refractivity contribution in [1.82, 2.24) is 14.6 Å². The van der Waals surface area contributed by atoms with Crippen LogP contribution in [-0.4, -0.2) is 34.4 Å². The first-order chi connectivity index (χ1) is 12.6. The van der Waals surface area contributed by atoms with Crippen LogP contribution in [0.1, 0.15) is 29.7 Å². The molecule has 0 bridgehead atoms. The van der Waals surface area contributed by atoms with E-state index in [0.717, 1.165) is 60.9 Å². The van der Waals surface area contributed by atoms with Gasteiger partial charge in [0.25, 0.3) is 0 Å². The highest BCUT2D eigenvalue weighted by Crippen LogP contribution is 2.27. The maximum absolute atomic E-state index is 5.46. The van der Waals surface area contributed by atoms with Gasteiger partial charge in [-0.3, -0.25) is 0 Å². The number of ether oxygens (including phenoxy) is 1. The first-order valence-electron chi connectivity index (χ1n) is 9.36. The Morgan fingerprint density at radius 3 is 2.69 bits per heavy atom. The Labute approximate surface area is 154 Å². The number of anilines is 1. The third-order valence-electron chi connectivity index (χ3n) is 5.33. The lowest BCUT2D eigenvalue weighted by Crippen LogP contribution is -2.23. The fraction of sp³-hybridized carbons (Fsp3) is 0.429. The van der Waals surface area contributed by atoms with Crippen LogP contribution >= 0.6 is 0 Å². The highest BCUT2D eigenvalue weighted by atomic mass is 16.5. The summed E-state index contributed by atoms with van der Waals surface area (Å²) >= 11 is 0. The summed E-state index contributed by atoms with van der Waals surface area (Å²) in [6.07, 6.45) is 4.16. The predicted molar refractivity (Wildman–Crippen MR) is 105 cm³/mol. The molecule has 1 fully saturated rings. The maximum Gasteiger partial charge on any atom is 0.165 e. The second-order valence-corrected chi connectivity index (χ2v) is 7.31. The van der Waals surface area contributed by atoms with Crippen LogP contribution in [0.25, 0.3) is 16.8 Å². The van der Waals surface area contributed by atoms with E-state index in [1.54, 1.807) is 0 Å². The van der Waals surface area contributed by atoms with Gasteiger partial charge >= 0.3 is 0 Å². The van der Waals surface area contributed by atoms with Crippen LogP contribution < -0.4 is 5.32 Å². The molecular formula is C21H26N4O. The molecule has 5 nitrogen and oxygen atoms in total. The van der Waals surface area contributed by atoms with Gasteiger partial charge in [-0.2, -0.15) is 9.61 Å². The number of aromatic nitrogens is 3. The summed E-state index contributed by atoms with van der Waals surface area (Å²) in [4.78, 5) is 4.76. The standard InChI is InChI=1S/C21H26N4O/c1-14-4-5-18(10-15(14)2)19-13-23-25-20(11-16(3)24-21(19)25)22-12-17-6-8-26-9-7-17/h4-5,10-11,13,17,22H,6-9,12H2,1-3H3. The number of nitrogens with zero attached hydrogens (tertiary/aromatic N) is 3. The zero-order chi connectivity index (χ0) is 18.1. The maximum atomic E-state index is 5.46. The number of benzene rings is 1. The number of aryl methyl sites for hydroxylation is 3. The van der Waals surface area contributed by atoms with Gasteiger partial charge in [0.15, 0.2) is 5.65 Å². The number of hydrogen-bond donors (Lipinski definition) is 1. The minimum atomic E-state index is 0.655. The molecule has 0 spiro atoms. The normalized spacial score (nSPS) is 15.5. The fourth-order valence-corrected chi connectivity index (χ4v) is 3.52. The average Bonchev–Trinajstić information content (AvgIpc) is 3.06. The Bertz CT molecular complexity index is 925. The molecule has 0 unspecified atom stereocenters. The molecule has 136 valence electrons. The quantitative estimate of drug-likeness (QED) is 0.768. The molecule has 0 saturated carbocycles. The molecule has 26 heavy (non-hydrogen) atoms. The largest absolute Gasteiger partial charge is 0.381 e. The summed E-state index contributed by atoms with van der Waals surface area (Å²) in [5.41, 5.74) is 6.73. The summed E-state index contributed by atoms with van der Waals surface area (Å²) in [5, 5.41) is 8.21. The van der Waals surface area contributed by atoms with Crippen molar-refractivity contribution in [2.24, 2.45) is 5.92 Å². The third kappa shape index (κ3) is 3.31. The number of nitrogens with one attached hydrogen (secondary N) is 1. The molecule has 0 atom stereocenters. The molecule has 5 heteroatoms. The van der Waals surface area contributed by atoms with Crippen molar-refractivity contribution >= 4 is 11.5 Å². The van der Waals surface area contributed by atoms with E-state index in [2.05, 4.69) is 48.5 Å².